The molecular formula is C17H17N3O. The number of aromatic amines is 2. The van der Waals surface area contributed by atoms with Crippen molar-refractivity contribution in [3.05, 3.63) is 64.6 Å². The number of fused-ring (bicyclic) bond motifs is 1. The Balaban J connectivity index is 1.66. The van der Waals surface area contributed by atoms with Crippen LogP contribution in [0.4, 0.5) is 5.69 Å². The van der Waals surface area contributed by atoms with Crippen LogP contribution in [0.3, 0.4) is 0 Å². The van der Waals surface area contributed by atoms with E-state index in [1.165, 1.54) is 18.4 Å². The number of nitrogens with one attached hydrogen (secondary N) is 3. The number of hydrogen-bond acceptors (Lipinski definition) is 2. The maximum atomic E-state index is 11.3. The van der Waals surface area contributed by atoms with Crippen LogP contribution in [0.2, 0.25) is 0 Å². The number of benzene rings is 2. The minimum atomic E-state index is -0.163. The minimum absolute atomic E-state index is 0.163. The third kappa shape index (κ3) is 2.44. The van der Waals surface area contributed by atoms with Gasteiger partial charge in [0.2, 0.25) is 0 Å². The molecule has 0 spiro atoms. The Morgan fingerprint density at radius 1 is 1.00 bits per heavy atom. The molecule has 0 radical (unpaired) electrons. The van der Waals surface area contributed by atoms with E-state index in [0.717, 1.165) is 16.7 Å². The molecule has 0 bridgehead atoms. The summed E-state index contributed by atoms with van der Waals surface area (Å²) < 4.78 is 0. The van der Waals surface area contributed by atoms with Crippen molar-refractivity contribution < 1.29 is 0 Å². The topological polar surface area (TPSA) is 60.7 Å². The van der Waals surface area contributed by atoms with Crippen molar-refractivity contribution in [2.24, 2.45) is 5.92 Å². The molecule has 1 saturated carbocycles. The highest BCUT2D eigenvalue weighted by Crippen LogP contribution is 2.42. The summed E-state index contributed by atoms with van der Waals surface area (Å²) in [4.78, 5) is 16.9. The molecule has 21 heavy (non-hydrogen) atoms. The van der Waals surface area contributed by atoms with Gasteiger partial charge in [-0.15, -0.1) is 0 Å². The highest BCUT2D eigenvalue weighted by atomic mass is 16.1. The molecule has 106 valence electrons. The molecule has 1 unspecified atom stereocenters. The fourth-order valence-electron chi connectivity index (χ4n) is 2.87. The molecule has 2 aromatic carbocycles. The van der Waals surface area contributed by atoms with E-state index < -0.39 is 0 Å². The molecule has 4 nitrogen and oxygen atoms in total. The number of aromatic nitrogens is 2. The van der Waals surface area contributed by atoms with E-state index >= 15 is 0 Å². The lowest BCUT2D eigenvalue weighted by atomic mass is 10.0. The first-order chi connectivity index (χ1) is 10.3. The molecule has 3 N–H and O–H groups in total. The normalized spacial score (nSPS) is 16.0. The lowest BCUT2D eigenvalue weighted by Gasteiger charge is -2.20. The van der Waals surface area contributed by atoms with Gasteiger partial charge < -0.3 is 15.3 Å². The van der Waals surface area contributed by atoms with E-state index in [0.29, 0.717) is 12.0 Å². The number of hydrogen-bond donors (Lipinski definition) is 3. The summed E-state index contributed by atoms with van der Waals surface area (Å²) in [5.41, 5.74) is 3.88. The number of imidazole rings is 1. The third-order valence-corrected chi connectivity index (χ3v) is 4.09. The highest BCUT2D eigenvalue weighted by Gasteiger charge is 2.32. The second-order valence-corrected chi connectivity index (χ2v) is 5.71. The maximum absolute atomic E-state index is 11.3. The molecular weight excluding hydrogens is 262 g/mol. The predicted octanol–water partition coefficient (Wildman–Crippen LogP) is 3.42. The van der Waals surface area contributed by atoms with Crippen LogP contribution in [-0.2, 0) is 0 Å². The van der Waals surface area contributed by atoms with E-state index in [1.54, 1.807) is 0 Å². The van der Waals surface area contributed by atoms with Crippen LogP contribution < -0.4 is 11.0 Å². The van der Waals surface area contributed by atoms with Crippen molar-refractivity contribution >= 4 is 16.7 Å². The molecule has 1 aliphatic rings. The third-order valence-electron chi connectivity index (χ3n) is 4.09. The van der Waals surface area contributed by atoms with Gasteiger partial charge in [-0.25, -0.2) is 4.79 Å². The predicted molar refractivity (Wildman–Crippen MR) is 84.4 cm³/mol. The summed E-state index contributed by atoms with van der Waals surface area (Å²) in [7, 11) is 0. The maximum Gasteiger partial charge on any atom is 0.323 e. The molecule has 1 atom stereocenters. The van der Waals surface area contributed by atoms with Crippen molar-refractivity contribution in [3.8, 4) is 0 Å². The Labute approximate surface area is 122 Å². The largest absolute Gasteiger partial charge is 0.378 e. The van der Waals surface area contributed by atoms with Crippen LogP contribution >= 0.6 is 0 Å². The second-order valence-electron chi connectivity index (χ2n) is 5.71. The minimum Gasteiger partial charge on any atom is -0.378 e. The Morgan fingerprint density at radius 3 is 2.52 bits per heavy atom. The van der Waals surface area contributed by atoms with Crippen LogP contribution in [0.25, 0.3) is 11.0 Å². The van der Waals surface area contributed by atoms with Crippen molar-refractivity contribution in [3.63, 3.8) is 0 Å². The van der Waals surface area contributed by atoms with Gasteiger partial charge in [0.05, 0.1) is 17.1 Å². The number of anilines is 1. The van der Waals surface area contributed by atoms with Gasteiger partial charge in [-0.2, -0.15) is 0 Å². The van der Waals surface area contributed by atoms with Crippen LogP contribution in [0, 0.1) is 5.92 Å². The quantitative estimate of drug-likeness (QED) is 0.685. The van der Waals surface area contributed by atoms with E-state index in [2.05, 4.69) is 39.6 Å². The lowest BCUT2D eigenvalue weighted by molar-refractivity contribution is 0.679. The van der Waals surface area contributed by atoms with Gasteiger partial charge >= 0.3 is 5.69 Å². The molecule has 4 rings (SSSR count). The van der Waals surface area contributed by atoms with Crippen LogP contribution in [0.1, 0.15) is 24.4 Å². The zero-order valence-corrected chi connectivity index (χ0v) is 11.6. The molecule has 4 heteroatoms. The average Bonchev–Trinajstić information content (AvgIpc) is 3.27. The molecule has 1 aliphatic carbocycles. The SMILES string of the molecule is O=c1[nH]c2ccc(NC(c3ccccc3)C3CC3)cc2[nH]1. The summed E-state index contributed by atoms with van der Waals surface area (Å²) in [5, 5.41) is 3.62. The fraction of sp³-hybridized carbons (Fsp3) is 0.235. The Kier molecular flexibility index (Phi) is 2.81. The van der Waals surface area contributed by atoms with Crippen molar-refractivity contribution in [1.82, 2.24) is 9.97 Å². The first-order valence-corrected chi connectivity index (χ1v) is 7.33. The Hall–Kier alpha value is -2.49. The number of H-pyrrole nitrogens is 2. The van der Waals surface area contributed by atoms with Gasteiger partial charge in [0.1, 0.15) is 0 Å². The molecule has 0 saturated heterocycles. The van der Waals surface area contributed by atoms with E-state index in [-0.39, 0.29) is 5.69 Å². The van der Waals surface area contributed by atoms with Gasteiger partial charge in [0, 0.05) is 5.69 Å². The van der Waals surface area contributed by atoms with Crippen molar-refractivity contribution in [2.75, 3.05) is 5.32 Å². The molecule has 1 aromatic heterocycles. The van der Waals surface area contributed by atoms with Gasteiger partial charge in [-0.05, 0) is 42.5 Å². The van der Waals surface area contributed by atoms with Crippen LogP contribution in [-0.4, -0.2) is 9.97 Å². The smallest absolute Gasteiger partial charge is 0.323 e. The van der Waals surface area contributed by atoms with Crippen LogP contribution in [0.5, 0.6) is 0 Å². The zero-order valence-electron chi connectivity index (χ0n) is 11.6. The van der Waals surface area contributed by atoms with Gasteiger partial charge in [-0.3, -0.25) is 0 Å². The zero-order chi connectivity index (χ0) is 14.2. The van der Waals surface area contributed by atoms with E-state index in [1.807, 2.05) is 24.3 Å². The molecule has 3 aromatic rings. The molecule has 1 heterocycles. The van der Waals surface area contributed by atoms with Gasteiger partial charge in [0.25, 0.3) is 0 Å². The highest BCUT2D eigenvalue weighted by molar-refractivity contribution is 5.78. The standard InChI is InChI=1S/C17H17N3O/c21-17-19-14-9-8-13(10-15(14)20-17)18-16(12-6-7-12)11-4-2-1-3-5-11/h1-5,8-10,12,16,18H,6-7H2,(H2,19,20,21). The van der Waals surface area contributed by atoms with E-state index in [4.69, 9.17) is 0 Å². The molecule has 0 aliphatic heterocycles. The van der Waals surface area contributed by atoms with Crippen molar-refractivity contribution in [2.45, 2.75) is 18.9 Å². The average molecular weight is 279 g/mol. The fourth-order valence-corrected chi connectivity index (χ4v) is 2.87. The Bertz CT molecular complexity index is 815. The Morgan fingerprint density at radius 2 is 1.76 bits per heavy atom. The molecule has 1 fully saturated rings. The van der Waals surface area contributed by atoms with Gasteiger partial charge in [-0.1, -0.05) is 30.3 Å². The summed E-state index contributed by atoms with van der Waals surface area (Å²) in [6, 6.07) is 16.8. The number of rotatable bonds is 4. The van der Waals surface area contributed by atoms with Gasteiger partial charge in [0.15, 0.2) is 0 Å². The first-order valence-electron chi connectivity index (χ1n) is 7.33. The summed E-state index contributed by atoms with van der Waals surface area (Å²) in [6.07, 6.45) is 2.55. The van der Waals surface area contributed by atoms with E-state index in [9.17, 15) is 4.79 Å². The summed E-state index contributed by atoms with van der Waals surface area (Å²) >= 11 is 0. The molecule has 0 amide bonds. The first kappa shape index (κ1) is 12.3. The summed E-state index contributed by atoms with van der Waals surface area (Å²) in [5.74, 6) is 0.702. The summed E-state index contributed by atoms with van der Waals surface area (Å²) in [6.45, 7) is 0. The van der Waals surface area contributed by atoms with Crippen molar-refractivity contribution in [1.29, 1.82) is 0 Å². The lowest BCUT2D eigenvalue weighted by Crippen LogP contribution is -2.12. The van der Waals surface area contributed by atoms with Crippen LogP contribution in [0.15, 0.2) is 53.3 Å². The monoisotopic (exact) mass is 279 g/mol. The second kappa shape index (κ2) is 4.81.